The van der Waals surface area contributed by atoms with Crippen LogP contribution in [-0.2, 0) is 0 Å². The molecule has 2 unspecified atom stereocenters. The second-order valence-corrected chi connectivity index (χ2v) is 3.56. The monoisotopic (exact) mass is 169 g/mol. The molecular weight excluding hydrogens is 153 g/mol. The Kier molecular flexibility index (Phi) is 4.95. The summed E-state index contributed by atoms with van der Waals surface area (Å²) in [6.45, 7) is 6.01. The van der Waals surface area contributed by atoms with Crippen molar-refractivity contribution in [2.45, 2.75) is 27.1 Å². The van der Waals surface area contributed by atoms with Crippen LogP contribution in [0.4, 0.5) is 0 Å². The third-order valence-corrected chi connectivity index (χ3v) is 2.32. The third kappa shape index (κ3) is 3.75. The molecule has 68 valence electrons. The van der Waals surface area contributed by atoms with Crippen molar-refractivity contribution >= 4 is 7.12 Å². The molecule has 2 N–H and O–H groups in total. The largest absolute Gasteiger partial charge is 0.452 e. The van der Waals surface area contributed by atoms with Crippen molar-refractivity contribution in [2.24, 2.45) is 17.8 Å². The number of hydrogen-bond donors (Lipinski definition) is 2. The van der Waals surface area contributed by atoms with Crippen LogP contribution in [0.5, 0.6) is 0 Å². The maximum Gasteiger partial charge on any atom is 0.452 e. The lowest BCUT2D eigenvalue weighted by Crippen LogP contribution is -2.23. The van der Waals surface area contributed by atoms with Gasteiger partial charge in [-0.15, -0.1) is 0 Å². The lowest BCUT2D eigenvalue weighted by Gasteiger charge is -2.20. The SMILES string of the molecule is CC(C)C(C)C(C#N)CB(O)O. The molecule has 0 fully saturated rings. The first-order valence-corrected chi connectivity index (χ1v) is 4.24. The standard InChI is InChI=1S/C8H16BNO2/c1-6(2)7(3)8(5-10)4-9(11)12/h6-8,11-12H,4H2,1-3H3. The number of nitrogens with zero attached hydrogens (tertiary/aromatic N) is 1. The number of nitriles is 1. The summed E-state index contributed by atoms with van der Waals surface area (Å²) in [6.07, 6.45) is 0.149. The van der Waals surface area contributed by atoms with Gasteiger partial charge in [-0.05, 0) is 18.2 Å². The quantitative estimate of drug-likeness (QED) is 0.614. The molecule has 0 aliphatic heterocycles. The molecule has 0 amide bonds. The zero-order valence-corrected chi connectivity index (χ0v) is 7.86. The van der Waals surface area contributed by atoms with E-state index in [-0.39, 0.29) is 18.2 Å². The molecule has 3 nitrogen and oxygen atoms in total. The lowest BCUT2D eigenvalue weighted by molar-refractivity contribution is 0.321. The Hall–Kier alpha value is -0.525. The van der Waals surface area contributed by atoms with Gasteiger partial charge in [0.25, 0.3) is 0 Å². The molecule has 0 aliphatic rings. The Morgan fingerprint density at radius 2 is 1.83 bits per heavy atom. The average molecular weight is 169 g/mol. The Balaban J connectivity index is 4.08. The molecule has 0 radical (unpaired) electrons. The average Bonchev–Trinajstić information content (AvgIpc) is 1.98. The molecule has 4 heteroatoms. The van der Waals surface area contributed by atoms with E-state index >= 15 is 0 Å². The van der Waals surface area contributed by atoms with Crippen LogP contribution in [0.3, 0.4) is 0 Å². The van der Waals surface area contributed by atoms with Crippen LogP contribution in [0.1, 0.15) is 20.8 Å². The summed E-state index contributed by atoms with van der Waals surface area (Å²) in [5, 5.41) is 26.1. The van der Waals surface area contributed by atoms with Crippen molar-refractivity contribution in [1.82, 2.24) is 0 Å². The van der Waals surface area contributed by atoms with Gasteiger partial charge in [0.15, 0.2) is 0 Å². The molecule has 0 saturated heterocycles. The fourth-order valence-corrected chi connectivity index (χ4v) is 1.08. The van der Waals surface area contributed by atoms with Crippen molar-refractivity contribution in [3.05, 3.63) is 0 Å². The van der Waals surface area contributed by atoms with Gasteiger partial charge in [-0.1, -0.05) is 20.8 Å². The van der Waals surface area contributed by atoms with E-state index < -0.39 is 7.12 Å². The first-order valence-electron chi connectivity index (χ1n) is 4.24. The van der Waals surface area contributed by atoms with Crippen LogP contribution in [0, 0.1) is 29.1 Å². The van der Waals surface area contributed by atoms with Crippen LogP contribution in [0.15, 0.2) is 0 Å². The summed E-state index contributed by atoms with van der Waals surface area (Å²) < 4.78 is 0. The normalized spacial score (nSPS) is 15.4. The Labute approximate surface area is 74.2 Å². The topological polar surface area (TPSA) is 64.2 Å². The van der Waals surface area contributed by atoms with E-state index in [1.54, 1.807) is 0 Å². The van der Waals surface area contributed by atoms with Gasteiger partial charge in [-0.25, -0.2) is 0 Å². The van der Waals surface area contributed by atoms with E-state index in [1.807, 2.05) is 20.8 Å². The second-order valence-electron chi connectivity index (χ2n) is 3.56. The number of rotatable bonds is 4. The number of hydrogen-bond acceptors (Lipinski definition) is 3. The summed E-state index contributed by atoms with van der Waals surface area (Å²) in [4.78, 5) is 0. The zero-order chi connectivity index (χ0) is 9.72. The molecule has 0 aromatic heterocycles. The van der Waals surface area contributed by atoms with Crippen LogP contribution < -0.4 is 0 Å². The summed E-state index contributed by atoms with van der Waals surface area (Å²) >= 11 is 0. The third-order valence-electron chi connectivity index (χ3n) is 2.32. The first-order chi connectivity index (χ1) is 5.49. The highest BCUT2D eigenvalue weighted by molar-refractivity contribution is 6.41. The Morgan fingerprint density at radius 1 is 1.33 bits per heavy atom. The van der Waals surface area contributed by atoms with Gasteiger partial charge in [0.1, 0.15) is 0 Å². The molecule has 0 aromatic carbocycles. The summed E-state index contributed by atoms with van der Waals surface area (Å²) in [7, 11) is -1.36. The zero-order valence-electron chi connectivity index (χ0n) is 7.86. The van der Waals surface area contributed by atoms with Crippen molar-refractivity contribution in [3.8, 4) is 6.07 Å². The van der Waals surface area contributed by atoms with E-state index in [0.717, 1.165) is 0 Å². The highest BCUT2D eigenvalue weighted by Crippen LogP contribution is 2.23. The molecule has 0 bridgehead atoms. The molecule has 0 heterocycles. The molecule has 2 atom stereocenters. The predicted octanol–water partition coefficient (Wildman–Crippen LogP) is 0.891. The predicted molar refractivity (Wildman–Crippen MR) is 48.1 cm³/mol. The van der Waals surface area contributed by atoms with Gasteiger partial charge in [-0.3, -0.25) is 0 Å². The van der Waals surface area contributed by atoms with Crippen LogP contribution in [-0.4, -0.2) is 17.2 Å². The lowest BCUT2D eigenvalue weighted by atomic mass is 9.71. The van der Waals surface area contributed by atoms with Crippen LogP contribution >= 0.6 is 0 Å². The summed E-state index contributed by atoms with van der Waals surface area (Å²) in [5.41, 5.74) is 0. The van der Waals surface area contributed by atoms with Gasteiger partial charge >= 0.3 is 7.12 Å². The van der Waals surface area contributed by atoms with Gasteiger partial charge in [-0.2, -0.15) is 5.26 Å². The molecular formula is C8H16BNO2. The minimum Gasteiger partial charge on any atom is -0.427 e. The van der Waals surface area contributed by atoms with Crippen molar-refractivity contribution in [1.29, 1.82) is 5.26 Å². The fraction of sp³-hybridized carbons (Fsp3) is 0.875. The van der Waals surface area contributed by atoms with Crippen molar-refractivity contribution in [2.75, 3.05) is 0 Å². The van der Waals surface area contributed by atoms with Crippen molar-refractivity contribution < 1.29 is 10.0 Å². The van der Waals surface area contributed by atoms with Gasteiger partial charge in [0.2, 0.25) is 0 Å². The highest BCUT2D eigenvalue weighted by atomic mass is 16.4. The molecule has 0 saturated carbocycles. The molecule has 12 heavy (non-hydrogen) atoms. The maximum atomic E-state index is 8.72. The van der Waals surface area contributed by atoms with Gasteiger partial charge < -0.3 is 10.0 Å². The second kappa shape index (κ2) is 5.18. The van der Waals surface area contributed by atoms with E-state index in [4.69, 9.17) is 15.3 Å². The van der Waals surface area contributed by atoms with Crippen LogP contribution in [0.2, 0.25) is 6.32 Å². The molecule has 0 aliphatic carbocycles. The molecule has 0 spiro atoms. The van der Waals surface area contributed by atoms with Gasteiger partial charge in [0.05, 0.1) is 6.07 Å². The van der Waals surface area contributed by atoms with E-state index in [0.29, 0.717) is 5.92 Å². The fourth-order valence-electron chi connectivity index (χ4n) is 1.08. The van der Waals surface area contributed by atoms with Crippen LogP contribution in [0.25, 0.3) is 0 Å². The van der Waals surface area contributed by atoms with E-state index in [1.165, 1.54) is 0 Å². The summed E-state index contributed by atoms with van der Waals surface area (Å²) in [5.74, 6) is 0.343. The highest BCUT2D eigenvalue weighted by Gasteiger charge is 2.24. The molecule has 0 aromatic rings. The van der Waals surface area contributed by atoms with Gasteiger partial charge in [0, 0.05) is 5.92 Å². The Bertz CT molecular complexity index is 165. The molecule has 0 rings (SSSR count). The summed E-state index contributed by atoms with van der Waals surface area (Å²) in [6, 6.07) is 2.09. The smallest absolute Gasteiger partial charge is 0.427 e. The van der Waals surface area contributed by atoms with E-state index in [2.05, 4.69) is 6.07 Å². The van der Waals surface area contributed by atoms with Crippen molar-refractivity contribution in [3.63, 3.8) is 0 Å². The minimum absolute atomic E-state index is 0.149. The first kappa shape index (κ1) is 11.5. The Morgan fingerprint density at radius 3 is 2.08 bits per heavy atom. The van der Waals surface area contributed by atoms with E-state index in [9.17, 15) is 0 Å². The maximum absolute atomic E-state index is 8.72. The minimum atomic E-state index is -1.36.